The van der Waals surface area contributed by atoms with Crippen molar-refractivity contribution in [3.05, 3.63) is 89.0 Å². The molecule has 0 saturated heterocycles. The number of fused-ring (bicyclic) bond motifs is 1. The highest BCUT2D eigenvalue weighted by Gasteiger charge is 2.38. The third-order valence-electron chi connectivity index (χ3n) is 7.83. The van der Waals surface area contributed by atoms with Crippen molar-refractivity contribution in [1.82, 2.24) is 4.90 Å². The molecule has 1 fully saturated rings. The first kappa shape index (κ1) is 26.0. The number of hydrogen-bond donors (Lipinski definition) is 0. The number of carbonyl (C=O) groups excluding carboxylic acids is 2. The van der Waals surface area contributed by atoms with Gasteiger partial charge in [0.1, 0.15) is 5.75 Å². The molecule has 7 heteroatoms. The average molecular weight is 522 g/mol. The maximum Gasteiger partial charge on any atom is 0.416 e. The smallest absolute Gasteiger partial charge is 0.416 e. The van der Waals surface area contributed by atoms with Crippen molar-refractivity contribution in [2.75, 3.05) is 6.54 Å². The molecule has 0 unspecified atom stereocenters. The first-order valence-corrected chi connectivity index (χ1v) is 13.0. The topological polar surface area (TPSA) is 46.6 Å². The first-order valence-electron chi connectivity index (χ1n) is 13.0. The molecule has 5 rings (SSSR count). The minimum Gasteiger partial charge on any atom is -0.423 e. The fraction of sp³-hybridized carbons (Fsp3) is 0.355. The van der Waals surface area contributed by atoms with Crippen LogP contribution in [0.4, 0.5) is 13.2 Å². The van der Waals surface area contributed by atoms with E-state index in [1.54, 1.807) is 30.3 Å². The Morgan fingerprint density at radius 1 is 0.895 bits per heavy atom. The van der Waals surface area contributed by atoms with Crippen LogP contribution in [-0.4, -0.2) is 23.3 Å². The molecule has 0 atom stereocenters. The summed E-state index contributed by atoms with van der Waals surface area (Å²) < 4.78 is 44.6. The van der Waals surface area contributed by atoms with Gasteiger partial charge < -0.3 is 9.64 Å². The number of rotatable bonds is 4. The van der Waals surface area contributed by atoms with Crippen molar-refractivity contribution in [2.24, 2.45) is 5.41 Å². The normalized spacial score (nSPS) is 17.0. The monoisotopic (exact) mass is 521 g/mol. The van der Waals surface area contributed by atoms with E-state index in [0.29, 0.717) is 36.4 Å². The molecule has 0 bridgehead atoms. The number of amides is 1. The molecular weight excluding hydrogens is 491 g/mol. The van der Waals surface area contributed by atoms with Crippen molar-refractivity contribution in [2.45, 2.75) is 58.2 Å². The van der Waals surface area contributed by atoms with Crippen LogP contribution in [-0.2, 0) is 23.9 Å². The number of carbonyl (C=O) groups is 2. The fourth-order valence-electron chi connectivity index (χ4n) is 5.61. The molecule has 38 heavy (non-hydrogen) atoms. The van der Waals surface area contributed by atoms with Crippen molar-refractivity contribution < 1.29 is 27.5 Å². The van der Waals surface area contributed by atoms with E-state index in [1.165, 1.54) is 18.6 Å². The number of alkyl halides is 3. The van der Waals surface area contributed by atoms with Gasteiger partial charge in [0.2, 0.25) is 5.91 Å². The Hall–Kier alpha value is -3.61. The van der Waals surface area contributed by atoms with Gasteiger partial charge in [0.25, 0.3) is 0 Å². The molecule has 0 radical (unpaired) electrons. The minimum atomic E-state index is -4.43. The van der Waals surface area contributed by atoms with Gasteiger partial charge >= 0.3 is 12.1 Å². The van der Waals surface area contributed by atoms with Crippen LogP contribution in [0.5, 0.6) is 5.75 Å². The molecule has 3 aromatic rings. The number of halogens is 3. The Kier molecular flexibility index (Phi) is 7.03. The maximum atomic E-state index is 13.3. The van der Waals surface area contributed by atoms with Crippen LogP contribution in [0, 0.1) is 5.41 Å². The van der Waals surface area contributed by atoms with Gasteiger partial charge in [0.15, 0.2) is 0 Å². The van der Waals surface area contributed by atoms with Gasteiger partial charge in [-0.3, -0.25) is 4.79 Å². The second-order valence-corrected chi connectivity index (χ2v) is 10.5. The largest absolute Gasteiger partial charge is 0.423 e. The Morgan fingerprint density at radius 2 is 1.61 bits per heavy atom. The van der Waals surface area contributed by atoms with Crippen LogP contribution in [0.2, 0.25) is 0 Å². The summed E-state index contributed by atoms with van der Waals surface area (Å²) in [4.78, 5) is 28.3. The molecule has 1 aliphatic heterocycles. The lowest BCUT2D eigenvalue weighted by Gasteiger charge is -2.39. The van der Waals surface area contributed by atoms with Gasteiger partial charge in [-0.25, -0.2) is 4.79 Å². The van der Waals surface area contributed by atoms with E-state index in [2.05, 4.69) is 6.92 Å². The summed E-state index contributed by atoms with van der Waals surface area (Å²) in [5, 5.41) is 0. The van der Waals surface area contributed by atoms with E-state index in [0.717, 1.165) is 48.9 Å². The summed E-state index contributed by atoms with van der Waals surface area (Å²) in [5.41, 5.74) is 2.33. The highest BCUT2D eigenvalue weighted by atomic mass is 19.4. The molecule has 0 aromatic heterocycles. The van der Waals surface area contributed by atoms with E-state index in [4.69, 9.17) is 4.74 Å². The zero-order valence-corrected chi connectivity index (χ0v) is 21.3. The second-order valence-electron chi connectivity index (χ2n) is 10.5. The highest BCUT2D eigenvalue weighted by Crippen LogP contribution is 2.39. The van der Waals surface area contributed by atoms with Crippen LogP contribution in [0.15, 0.2) is 66.7 Å². The zero-order valence-electron chi connectivity index (χ0n) is 21.3. The summed E-state index contributed by atoms with van der Waals surface area (Å²) in [6, 6.07) is 16.9. The van der Waals surface area contributed by atoms with Crippen LogP contribution < -0.4 is 4.74 Å². The molecule has 4 nitrogen and oxygen atoms in total. The van der Waals surface area contributed by atoms with Crippen molar-refractivity contribution >= 4 is 11.9 Å². The number of ether oxygens (including phenoxy) is 1. The number of nitrogens with zero attached hydrogens (tertiary/aromatic N) is 1. The van der Waals surface area contributed by atoms with Crippen LogP contribution in [0.3, 0.4) is 0 Å². The van der Waals surface area contributed by atoms with Crippen molar-refractivity contribution in [3.8, 4) is 16.9 Å². The predicted molar refractivity (Wildman–Crippen MR) is 139 cm³/mol. The van der Waals surface area contributed by atoms with Crippen LogP contribution in [0.25, 0.3) is 11.1 Å². The van der Waals surface area contributed by atoms with E-state index < -0.39 is 17.7 Å². The molecule has 2 aliphatic rings. The fourth-order valence-corrected chi connectivity index (χ4v) is 5.61. The number of benzene rings is 3. The van der Waals surface area contributed by atoms with E-state index in [1.807, 2.05) is 17.0 Å². The lowest BCUT2D eigenvalue weighted by Crippen LogP contribution is -2.45. The molecule has 0 N–H and O–H groups in total. The highest BCUT2D eigenvalue weighted by molar-refractivity contribution is 5.98. The van der Waals surface area contributed by atoms with Crippen molar-refractivity contribution in [3.63, 3.8) is 0 Å². The number of hydrogen-bond acceptors (Lipinski definition) is 3. The molecule has 1 saturated carbocycles. The minimum absolute atomic E-state index is 0.234. The van der Waals surface area contributed by atoms with Crippen LogP contribution >= 0.6 is 0 Å². The summed E-state index contributed by atoms with van der Waals surface area (Å²) in [7, 11) is 0. The van der Waals surface area contributed by atoms with Gasteiger partial charge in [0.05, 0.1) is 11.1 Å². The zero-order chi connectivity index (χ0) is 26.9. The lowest BCUT2D eigenvalue weighted by molar-refractivity contribution is -0.144. The van der Waals surface area contributed by atoms with E-state index in [9.17, 15) is 22.8 Å². The second kappa shape index (κ2) is 10.3. The Labute approximate surface area is 220 Å². The molecule has 198 valence electrons. The average Bonchev–Trinajstić information content (AvgIpc) is 2.92. The summed E-state index contributed by atoms with van der Waals surface area (Å²) in [6.07, 6.45) is 1.54. The SMILES string of the molecule is CC1(C(=O)N2CCc3cc(OC(=O)c4ccccc4-c4ccc(C(F)(F)F)cc4)ccc3C2)CCCCC1. The Balaban J connectivity index is 1.30. The molecule has 1 amide bonds. The molecule has 1 heterocycles. The van der Waals surface area contributed by atoms with Gasteiger partial charge in [-0.1, -0.05) is 62.6 Å². The summed E-state index contributed by atoms with van der Waals surface area (Å²) in [6.45, 7) is 3.28. The summed E-state index contributed by atoms with van der Waals surface area (Å²) >= 11 is 0. The molecule has 1 aliphatic carbocycles. The Bertz CT molecular complexity index is 1340. The maximum absolute atomic E-state index is 13.3. The first-order chi connectivity index (χ1) is 18.1. The third-order valence-corrected chi connectivity index (χ3v) is 7.83. The van der Waals surface area contributed by atoms with Gasteiger partial charge in [-0.2, -0.15) is 13.2 Å². The number of esters is 1. The standard InChI is InChI=1S/C31H30F3NO3/c1-30(16-5-2-6-17-30)29(37)35-18-15-22-19-25(14-11-23(22)20-35)38-28(36)27-8-4-3-7-26(27)21-9-12-24(13-10-21)31(32,33)34/h3-4,7-14,19H,2,5-6,15-18,20H2,1H3. The molecule has 0 spiro atoms. The van der Waals surface area contributed by atoms with Gasteiger partial charge in [0, 0.05) is 18.5 Å². The van der Waals surface area contributed by atoms with Crippen molar-refractivity contribution in [1.29, 1.82) is 0 Å². The van der Waals surface area contributed by atoms with E-state index in [-0.39, 0.29) is 16.9 Å². The third kappa shape index (κ3) is 5.33. The van der Waals surface area contributed by atoms with Gasteiger partial charge in [-0.05, 0) is 71.8 Å². The Morgan fingerprint density at radius 3 is 2.32 bits per heavy atom. The quantitative estimate of drug-likeness (QED) is 0.265. The predicted octanol–water partition coefficient (Wildman–Crippen LogP) is 7.45. The summed E-state index contributed by atoms with van der Waals surface area (Å²) in [5.74, 6) is 0.0477. The lowest BCUT2D eigenvalue weighted by atomic mass is 9.74. The van der Waals surface area contributed by atoms with Gasteiger partial charge in [-0.15, -0.1) is 0 Å². The molecular formula is C31H30F3NO3. The molecule has 3 aromatic carbocycles. The van der Waals surface area contributed by atoms with Crippen LogP contribution in [0.1, 0.15) is 66.1 Å². The van der Waals surface area contributed by atoms with E-state index >= 15 is 0 Å².